The number of carbonyl (C=O) groups excluding carboxylic acids is 1. The summed E-state index contributed by atoms with van der Waals surface area (Å²) in [6.07, 6.45) is 2.41. The van der Waals surface area contributed by atoms with Gasteiger partial charge < -0.3 is 10.0 Å². The Morgan fingerprint density at radius 3 is 2.62 bits per heavy atom. The van der Waals surface area contributed by atoms with E-state index in [4.69, 9.17) is 16.7 Å². The van der Waals surface area contributed by atoms with Gasteiger partial charge in [-0.05, 0) is 43.6 Å². The van der Waals surface area contributed by atoms with Crippen LogP contribution in [0.2, 0.25) is 0 Å². The second-order valence-electron chi connectivity index (χ2n) is 5.86. The van der Waals surface area contributed by atoms with Crippen molar-refractivity contribution in [3.63, 3.8) is 0 Å². The summed E-state index contributed by atoms with van der Waals surface area (Å²) in [5.74, 6) is -0.0576. The first-order chi connectivity index (χ1) is 12.1. The highest BCUT2D eigenvalue weighted by atomic mass is 35.5. The van der Waals surface area contributed by atoms with E-state index in [1.54, 1.807) is 32.9 Å². The third-order valence-electron chi connectivity index (χ3n) is 3.79. The average Bonchev–Trinajstić information content (AvgIpc) is 2.88. The molecule has 0 bridgehead atoms. The molecule has 1 aliphatic heterocycles. The van der Waals surface area contributed by atoms with Gasteiger partial charge in [-0.25, -0.2) is 0 Å². The Balaban J connectivity index is 3.12. The minimum absolute atomic E-state index is 0.186. The molecule has 4 nitrogen and oxygen atoms in total. The second kappa shape index (κ2) is 9.62. The zero-order valence-corrected chi connectivity index (χ0v) is 15.6. The molecule has 1 atom stereocenters. The normalized spacial score (nSPS) is 18.7. The van der Waals surface area contributed by atoms with E-state index in [-0.39, 0.29) is 18.3 Å². The predicted octanol–water partition coefficient (Wildman–Crippen LogP) is 4.35. The molecule has 0 radical (unpaired) electrons. The number of carbonyl (C=O) groups is 1. The van der Waals surface area contributed by atoms with Crippen LogP contribution in [0, 0.1) is 0 Å². The lowest BCUT2D eigenvalue weighted by atomic mass is 10.1. The smallest absolute Gasteiger partial charge is 0.407 e. The van der Waals surface area contributed by atoms with E-state index in [1.165, 1.54) is 11.0 Å². The molecular weight excluding hydrogens is 369 g/mol. The number of nitrogens with zero attached hydrogens (tertiary/aromatic N) is 2. The van der Waals surface area contributed by atoms with Gasteiger partial charge in [0.2, 0.25) is 0 Å². The highest BCUT2D eigenvalue weighted by Gasteiger charge is 2.32. The lowest BCUT2D eigenvalue weighted by molar-refractivity contribution is -0.126. The highest BCUT2D eigenvalue weighted by molar-refractivity contribution is 6.20. The molecule has 0 aromatic rings. The molecule has 1 unspecified atom stereocenters. The van der Waals surface area contributed by atoms with Gasteiger partial charge in [0, 0.05) is 24.2 Å². The fourth-order valence-corrected chi connectivity index (χ4v) is 2.68. The number of aliphatic imine (C=N–C) groups is 1. The Morgan fingerprint density at radius 2 is 2.12 bits per heavy atom. The SMILES string of the molecule is C/C=C\C1=C(CCl)CN(C(C)C(/C=N\CC(F)(F)F)=C/C(C)=C/O)C1=O. The summed E-state index contributed by atoms with van der Waals surface area (Å²) in [5.41, 5.74) is 2.05. The number of amides is 1. The van der Waals surface area contributed by atoms with Crippen molar-refractivity contribution in [3.05, 3.63) is 46.8 Å². The molecule has 0 aromatic carbocycles. The van der Waals surface area contributed by atoms with Crippen molar-refractivity contribution < 1.29 is 23.1 Å². The molecular formula is C18H22ClF3N2O2. The molecule has 1 rings (SSSR count). The van der Waals surface area contributed by atoms with Crippen molar-refractivity contribution in [1.82, 2.24) is 4.90 Å². The summed E-state index contributed by atoms with van der Waals surface area (Å²) >= 11 is 5.91. The van der Waals surface area contributed by atoms with Crippen LogP contribution >= 0.6 is 11.6 Å². The first-order valence-electron chi connectivity index (χ1n) is 7.95. The average molecular weight is 391 g/mol. The maximum absolute atomic E-state index is 12.6. The van der Waals surface area contributed by atoms with Crippen molar-refractivity contribution in [3.8, 4) is 0 Å². The van der Waals surface area contributed by atoms with Gasteiger partial charge >= 0.3 is 6.18 Å². The van der Waals surface area contributed by atoms with Gasteiger partial charge in [-0.3, -0.25) is 9.79 Å². The van der Waals surface area contributed by atoms with E-state index in [1.807, 2.05) is 0 Å². The monoisotopic (exact) mass is 390 g/mol. The third kappa shape index (κ3) is 6.05. The zero-order valence-electron chi connectivity index (χ0n) is 14.8. The molecule has 1 N–H and O–H groups in total. The molecule has 144 valence electrons. The molecule has 1 amide bonds. The first-order valence-corrected chi connectivity index (χ1v) is 8.48. The Labute approximate surface area is 156 Å². The number of hydrogen-bond acceptors (Lipinski definition) is 3. The molecule has 8 heteroatoms. The Bertz CT molecular complexity index is 676. The Morgan fingerprint density at radius 1 is 1.46 bits per heavy atom. The summed E-state index contributed by atoms with van der Waals surface area (Å²) in [5, 5.41) is 9.08. The number of alkyl halides is 4. The van der Waals surface area contributed by atoms with E-state index in [0.717, 1.165) is 18.0 Å². The van der Waals surface area contributed by atoms with Gasteiger partial charge in [0.25, 0.3) is 5.91 Å². The van der Waals surface area contributed by atoms with E-state index >= 15 is 0 Å². The maximum Gasteiger partial charge on any atom is 0.407 e. The molecule has 0 saturated heterocycles. The first kappa shape index (κ1) is 22.0. The quantitative estimate of drug-likeness (QED) is 0.304. The van der Waals surface area contributed by atoms with Crippen molar-refractivity contribution in [2.75, 3.05) is 19.0 Å². The summed E-state index contributed by atoms with van der Waals surface area (Å²) in [7, 11) is 0. The van der Waals surface area contributed by atoms with E-state index in [0.29, 0.717) is 16.7 Å². The van der Waals surface area contributed by atoms with Crippen LogP contribution in [0.4, 0.5) is 13.2 Å². The highest BCUT2D eigenvalue weighted by Crippen LogP contribution is 2.26. The summed E-state index contributed by atoms with van der Waals surface area (Å²) in [6, 6.07) is -0.546. The van der Waals surface area contributed by atoms with Crippen molar-refractivity contribution >= 4 is 23.7 Å². The molecule has 0 aromatic heterocycles. The number of aliphatic hydroxyl groups excluding tert-OH is 1. The fraction of sp³-hybridized carbons (Fsp3) is 0.444. The number of halogens is 4. The zero-order chi connectivity index (χ0) is 19.9. The van der Waals surface area contributed by atoms with Crippen LogP contribution in [0.5, 0.6) is 0 Å². The van der Waals surface area contributed by atoms with E-state index in [2.05, 4.69) is 4.99 Å². The van der Waals surface area contributed by atoms with E-state index < -0.39 is 18.8 Å². The molecule has 0 aliphatic carbocycles. The minimum Gasteiger partial charge on any atom is -0.515 e. The summed E-state index contributed by atoms with van der Waals surface area (Å²) < 4.78 is 37.1. The number of aliphatic hydroxyl groups is 1. The van der Waals surface area contributed by atoms with Gasteiger partial charge in [0.15, 0.2) is 0 Å². The van der Waals surface area contributed by atoms with Gasteiger partial charge in [-0.2, -0.15) is 13.2 Å². The summed E-state index contributed by atoms with van der Waals surface area (Å²) in [4.78, 5) is 17.6. The van der Waals surface area contributed by atoms with Crippen LogP contribution in [-0.4, -0.2) is 53.3 Å². The molecule has 1 heterocycles. The van der Waals surface area contributed by atoms with E-state index in [9.17, 15) is 18.0 Å². The molecule has 0 spiro atoms. The number of hydrogen-bond donors (Lipinski definition) is 1. The van der Waals surface area contributed by atoms with Gasteiger partial charge in [0.1, 0.15) is 6.54 Å². The lowest BCUT2D eigenvalue weighted by Crippen LogP contribution is -2.37. The van der Waals surface area contributed by atoms with Gasteiger partial charge in [0.05, 0.1) is 12.3 Å². The second-order valence-corrected chi connectivity index (χ2v) is 6.13. The largest absolute Gasteiger partial charge is 0.515 e. The number of rotatable bonds is 7. The van der Waals surface area contributed by atoms with Crippen molar-refractivity contribution in [1.29, 1.82) is 0 Å². The summed E-state index contributed by atoms with van der Waals surface area (Å²) in [6.45, 7) is 4.03. The third-order valence-corrected chi connectivity index (χ3v) is 4.11. The number of allylic oxidation sites excluding steroid dienone is 3. The fourth-order valence-electron chi connectivity index (χ4n) is 2.45. The predicted molar refractivity (Wildman–Crippen MR) is 97.6 cm³/mol. The Kier molecular flexibility index (Phi) is 8.14. The standard InChI is InChI=1S/C18H22ClF3N2O2/c1-4-5-16-15(7-19)9-24(17(16)26)13(3)14(6-12(2)10-25)8-23-11-18(20,21)22/h4-6,8,10,13,25H,7,9,11H2,1-3H3/b5-4-,12-10+,14-6+,23-8-. The topological polar surface area (TPSA) is 52.9 Å². The van der Waals surface area contributed by atoms with Crippen LogP contribution in [0.1, 0.15) is 20.8 Å². The molecule has 26 heavy (non-hydrogen) atoms. The molecule has 0 fully saturated rings. The lowest BCUT2D eigenvalue weighted by Gasteiger charge is -2.26. The van der Waals surface area contributed by atoms with Crippen LogP contribution in [0.25, 0.3) is 0 Å². The van der Waals surface area contributed by atoms with Crippen molar-refractivity contribution in [2.45, 2.75) is 33.0 Å². The minimum atomic E-state index is -4.41. The Hall–Kier alpha value is -2.02. The van der Waals surface area contributed by atoms with Crippen LogP contribution in [0.3, 0.4) is 0 Å². The van der Waals surface area contributed by atoms with Crippen LogP contribution < -0.4 is 0 Å². The maximum atomic E-state index is 12.6. The van der Waals surface area contributed by atoms with Crippen molar-refractivity contribution in [2.24, 2.45) is 4.99 Å². The van der Waals surface area contributed by atoms with Gasteiger partial charge in [-0.1, -0.05) is 12.2 Å². The molecule has 0 saturated carbocycles. The van der Waals surface area contributed by atoms with Gasteiger partial charge in [-0.15, -0.1) is 11.6 Å². The van der Waals surface area contributed by atoms with Crippen LogP contribution in [0.15, 0.2) is 51.8 Å². The molecule has 1 aliphatic rings. The van der Waals surface area contributed by atoms with Crippen LogP contribution in [-0.2, 0) is 4.79 Å².